The van der Waals surface area contributed by atoms with E-state index in [1.54, 1.807) is 30.6 Å². The number of hydrazine groups is 1. The smallest absolute Gasteiger partial charge is 0.240 e. The van der Waals surface area contributed by atoms with Crippen LogP contribution in [0.3, 0.4) is 0 Å². The number of hydrogen-bond donors (Lipinski definition) is 4. The van der Waals surface area contributed by atoms with Gasteiger partial charge in [0.1, 0.15) is 0 Å². The molecule has 3 atom stereocenters. The van der Waals surface area contributed by atoms with Gasteiger partial charge in [-0.1, -0.05) is 37.3 Å². The summed E-state index contributed by atoms with van der Waals surface area (Å²) in [7, 11) is -3.69. The van der Waals surface area contributed by atoms with Gasteiger partial charge in [-0.2, -0.15) is 0 Å². The molecule has 1 aliphatic rings. The van der Waals surface area contributed by atoms with Crippen LogP contribution in [0.2, 0.25) is 0 Å². The third-order valence-electron chi connectivity index (χ3n) is 5.50. The van der Waals surface area contributed by atoms with Crippen molar-refractivity contribution in [2.45, 2.75) is 30.4 Å². The Morgan fingerprint density at radius 1 is 1.03 bits per heavy atom. The Bertz CT molecular complexity index is 1170. The summed E-state index contributed by atoms with van der Waals surface area (Å²) in [5.74, 6) is -0.136. The van der Waals surface area contributed by atoms with Gasteiger partial charge in [-0.15, -0.1) is 0 Å². The van der Waals surface area contributed by atoms with Gasteiger partial charge in [-0.25, -0.2) is 24.0 Å². The average Bonchev–Trinajstić information content (AvgIpc) is 3.13. The van der Waals surface area contributed by atoms with E-state index in [-0.39, 0.29) is 41.9 Å². The Labute approximate surface area is 181 Å². The SMILES string of the molecule is CC1C(NC(=O)CCNS(=O)(=O)c2ccc3ccccc3c2)NNC1c1ccncc1. The zero-order valence-corrected chi connectivity index (χ0v) is 17.9. The Morgan fingerprint density at radius 2 is 1.77 bits per heavy atom. The first-order valence-corrected chi connectivity index (χ1v) is 11.6. The molecule has 1 fully saturated rings. The highest BCUT2D eigenvalue weighted by Gasteiger charge is 2.34. The van der Waals surface area contributed by atoms with Gasteiger partial charge in [-0.3, -0.25) is 9.78 Å². The second kappa shape index (κ2) is 9.11. The van der Waals surface area contributed by atoms with Crippen LogP contribution < -0.4 is 20.9 Å². The van der Waals surface area contributed by atoms with Crippen LogP contribution >= 0.6 is 0 Å². The molecule has 4 N–H and O–H groups in total. The third kappa shape index (κ3) is 4.91. The molecule has 9 heteroatoms. The zero-order valence-electron chi connectivity index (χ0n) is 17.1. The van der Waals surface area contributed by atoms with Crippen LogP contribution in [-0.2, 0) is 14.8 Å². The van der Waals surface area contributed by atoms with Crippen LogP contribution in [0.15, 0.2) is 71.9 Å². The van der Waals surface area contributed by atoms with Crippen molar-refractivity contribution in [3.05, 3.63) is 72.6 Å². The van der Waals surface area contributed by atoms with Gasteiger partial charge < -0.3 is 5.32 Å². The van der Waals surface area contributed by atoms with E-state index in [1.807, 2.05) is 43.3 Å². The molecule has 1 aromatic heterocycles. The van der Waals surface area contributed by atoms with Crippen molar-refractivity contribution in [1.29, 1.82) is 0 Å². The monoisotopic (exact) mass is 439 g/mol. The van der Waals surface area contributed by atoms with Crippen molar-refractivity contribution in [2.75, 3.05) is 6.54 Å². The van der Waals surface area contributed by atoms with Gasteiger partial charge in [0.05, 0.1) is 17.1 Å². The van der Waals surface area contributed by atoms with Crippen molar-refractivity contribution in [3.8, 4) is 0 Å². The summed E-state index contributed by atoms with van der Waals surface area (Å²) in [6, 6.07) is 16.4. The second-order valence-corrected chi connectivity index (χ2v) is 9.37. The molecule has 8 nitrogen and oxygen atoms in total. The van der Waals surface area contributed by atoms with E-state index in [0.29, 0.717) is 0 Å². The van der Waals surface area contributed by atoms with Gasteiger partial charge in [0, 0.05) is 31.3 Å². The molecule has 0 spiro atoms. The number of fused-ring (bicyclic) bond motifs is 1. The number of amides is 1. The van der Waals surface area contributed by atoms with Crippen LogP contribution in [0, 0.1) is 5.92 Å². The van der Waals surface area contributed by atoms with Gasteiger partial charge >= 0.3 is 0 Å². The Morgan fingerprint density at radius 3 is 2.55 bits per heavy atom. The molecule has 1 saturated heterocycles. The lowest BCUT2D eigenvalue weighted by molar-refractivity contribution is -0.122. The molecular formula is C22H25N5O3S. The van der Waals surface area contributed by atoms with Gasteiger partial charge in [0.2, 0.25) is 15.9 Å². The first-order valence-electron chi connectivity index (χ1n) is 10.1. The summed E-state index contributed by atoms with van der Waals surface area (Å²) in [5, 5.41) is 4.73. The number of sulfonamides is 1. The largest absolute Gasteiger partial charge is 0.339 e. The predicted molar refractivity (Wildman–Crippen MR) is 118 cm³/mol. The van der Waals surface area contributed by atoms with Gasteiger partial charge in [-0.05, 0) is 40.6 Å². The van der Waals surface area contributed by atoms with Crippen molar-refractivity contribution in [3.63, 3.8) is 0 Å². The predicted octanol–water partition coefficient (Wildman–Crippen LogP) is 1.83. The summed E-state index contributed by atoms with van der Waals surface area (Å²) in [6.45, 7) is 2.05. The lowest BCUT2D eigenvalue weighted by atomic mass is 9.95. The molecule has 1 aliphatic heterocycles. The summed E-state index contributed by atoms with van der Waals surface area (Å²) < 4.78 is 27.7. The van der Waals surface area contributed by atoms with E-state index in [9.17, 15) is 13.2 Å². The number of benzene rings is 2. The molecule has 162 valence electrons. The summed E-state index contributed by atoms with van der Waals surface area (Å²) in [5.41, 5.74) is 7.36. The number of carbonyl (C=O) groups excluding carboxylic acids is 1. The van der Waals surface area contributed by atoms with Crippen molar-refractivity contribution >= 4 is 26.7 Å². The Balaban J connectivity index is 1.29. The lowest BCUT2D eigenvalue weighted by Gasteiger charge is -2.19. The molecule has 0 radical (unpaired) electrons. The van der Waals surface area contributed by atoms with E-state index < -0.39 is 10.0 Å². The Kier molecular flexibility index (Phi) is 6.28. The standard InChI is InChI=1S/C22H25N5O3S/c1-15-21(17-8-11-23-12-9-17)26-27-22(15)25-20(28)10-13-24-31(29,30)19-7-6-16-4-2-3-5-18(16)14-19/h2-9,11-12,14-15,21-22,24,26-27H,10,13H2,1H3,(H,25,28). The van der Waals surface area contributed by atoms with Crippen molar-refractivity contribution in [1.82, 2.24) is 25.9 Å². The molecule has 0 bridgehead atoms. The highest BCUT2D eigenvalue weighted by molar-refractivity contribution is 7.89. The number of aromatic nitrogens is 1. The van der Waals surface area contributed by atoms with Crippen LogP contribution in [-0.4, -0.2) is 32.0 Å². The highest BCUT2D eigenvalue weighted by atomic mass is 32.2. The molecule has 2 heterocycles. The molecule has 31 heavy (non-hydrogen) atoms. The van der Waals surface area contributed by atoms with Crippen molar-refractivity contribution < 1.29 is 13.2 Å². The van der Waals surface area contributed by atoms with E-state index in [0.717, 1.165) is 16.3 Å². The summed E-state index contributed by atoms with van der Waals surface area (Å²) in [6.07, 6.45) is 3.24. The fraction of sp³-hybridized carbons (Fsp3) is 0.273. The minimum atomic E-state index is -3.69. The van der Waals surface area contributed by atoms with Gasteiger partial charge in [0.15, 0.2) is 0 Å². The van der Waals surface area contributed by atoms with E-state index in [2.05, 4.69) is 25.9 Å². The zero-order chi connectivity index (χ0) is 21.8. The average molecular weight is 440 g/mol. The maximum absolute atomic E-state index is 12.6. The van der Waals surface area contributed by atoms with Crippen LogP contribution in [0.5, 0.6) is 0 Å². The summed E-state index contributed by atoms with van der Waals surface area (Å²) in [4.78, 5) is 16.6. The van der Waals surface area contributed by atoms with E-state index >= 15 is 0 Å². The number of rotatable bonds is 7. The van der Waals surface area contributed by atoms with E-state index in [4.69, 9.17) is 0 Å². The van der Waals surface area contributed by atoms with Crippen LogP contribution in [0.25, 0.3) is 10.8 Å². The second-order valence-electron chi connectivity index (χ2n) is 7.61. The van der Waals surface area contributed by atoms with Gasteiger partial charge in [0.25, 0.3) is 0 Å². The third-order valence-corrected chi connectivity index (χ3v) is 6.96. The number of nitrogens with zero attached hydrogens (tertiary/aromatic N) is 1. The maximum Gasteiger partial charge on any atom is 0.240 e. The summed E-state index contributed by atoms with van der Waals surface area (Å²) >= 11 is 0. The maximum atomic E-state index is 12.6. The number of carbonyl (C=O) groups is 1. The van der Waals surface area contributed by atoms with Crippen LogP contribution in [0.1, 0.15) is 24.9 Å². The fourth-order valence-electron chi connectivity index (χ4n) is 3.72. The quantitative estimate of drug-likeness (QED) is 0.447. The van der Waals surface area contributed by atoms with Crippen LogP contribution in [0.4, 0.5) is 0 Å². The molecule has 4 rings (SSSR count). The fourth-order valence-corrected chi connectivity index (χ4v) is 4.79. The molecule has 1 amide bonds. The molecular weight excluding hydrogens is 414 g/mol. The molecule has 0 aliphatic carbocycles. The number of hydrogen-bond acceptors (Lipinski definition) is 6. The first kappa shape index (κ1) is 21.4. The number of pyridine rings is 1. The molecule has 3 aromatic rings. The number of nitrogens with one attached hydrogen (secondary N) is 4. The lowest BCUT2D eigenvalue weighted by Crippen LogP contribution is -2.47. The topological polar surface area (TPSA) is 112 Å². The molecule has 2 aromatic carbocycles. The van der Waals surface area contributed by atoms with E-state index in [1.165, 1.54) is 0 Å². The minimum absolute atomic E-state index is 0.0172. The highest BCUT2D eigenvalue weighted by Crippen LogP contribution is 2.26. The van der Waals surface area contributed by atoms with Crippen molar-refractivity contribution in [2.24, 2.45) is 5.92 Å². The normalized spacial score (nSPS) is 21.3. The molecule has 3 unspecified atom stereocenters. The minimum Gasteiger partial charge on any atom is -0.339 e. The Hall–Kier alpha value is -2.85. The first-order chi connectivity index (χ1) is 14.9. The molecule has 0 saturated carbocycles.